The van der Waals surface area contributed by atoms with Gasteiger partial charge in [0.1, 0.15) is 23.2 Å². The molecule has 3 heterocycles. The van der Waals surface area contributed by atoms with Crippen molar-refractivity contribution in [1.82, 2.24) is 15.0 Å². The zero-order chi connectivity index (χ0) is 25.0. The summed E-state index contributed by atoms with van der Waals surface area (Å²) in [6.07, 6.45) is 4.60. The van der Waals surface area contributed by atoms with E-state index in [1.807, 2.05) is 70.3 Å². The zero-order valence-electron chi connectivity index (χ0n) is 20.3. The van der Waals surface area contributed by atoms with Gasteiger partial charge in [-0.1, -0.05) is 29.8 Å². The van der Waals surface area contributed by atoms with Crippen LogP contribution in [0.2, 0.25) is 5.02 Å². The molecule has 182 valence electrons. The fraction of sp³-hybridized carbons (Fsp3) is 0.296. The largest absolute Gasteiger partial charge is 0.443 e. The van der Waals surface area contributed by atoms with Gasteiger partial charge in [0.15, 0.2) is 0 Å². The number of aromatic nitrogens is 3. The number of nitrogens with zero attached hydrogens (tertiary/aromatic N) is 3. The second kappa shape index (κ2) is 10.5. The maximum absolute atomic E-state index is 13.1. The summed E-state index contributed by atoms with van der Waals surface area (Å²) < 4.78 is 11.8. The molecule has 0 fully saturated rings. The van der Waals surface area contributed by atoms with Crippen LogP contribution < -0.4 is 4.90 Å². The average Bonchev–Trinajstić information content (AvgIpc) is 3.25. The molecule has 1 amide bonds. The predicted octanol–water partition coefficient (Wildman–Crippen LogP) is 6.68. The van der Waals surface area contributed by atoms with Crippen LogP contribution >= 0.6 is 11.6 Å². The minimum absolute atomic E-state index is 0.293. The van der Waals surface area contributed by atoms with Crippen molar-refractivity contribution in [3.63, 3.8) is 0 Å². The van der Waals surface area contributed by atoms with E-state index in [-0.39, 0.29) is 6.10 Å². The highest BCUT2D eigenvalue weighted by atomic mass is 35.5. The first-order chi connectivity index (χ1) is 16.7. The number of H-pyrrole nitrogens is 1. The number of aromatic amines is 1. The van der Waals surface area contributed by atoms with E-state index in [1.165, 1.54) is 4.90 Å². The molecule has 4 rings (SSSR count). The number of carbonyl (C=O) groups excluding carboxylic acids is 1. The van der Waals surface area contributed by atoms with Gasteiger partial charge in [0, 0.05) is 46.7 Å². The number of carbonyl (C=O) groups is 1. The van der Waals surface area contributed by atoms with Gasteiger partial charge in [0.05, 0.1) is 6.54 Å². The summed E-state index contributed by atoms with van der Waals surface area (Å²) in [6, 6.07) is 15.0. The van der Waals surface area contributed by atoms with Crippen LogP contribution in [0.1, 0.15) is 50.5 Å². The third-order valence-electron chi connectivity index (χ3n) is 5.32. The minimum atomic E-state index is -0.640. The molecule has 35 heavy (non-hydrogen) atoms. The maximum atomic E-state index is 13.1. The number of halogens is 1. The van der Waals surface area contributed by atoms with Crippen molar-refractivity contribution in [2.75, 3.05) is 11.5 Å². The Labute approximate surface area is 210 Å². The van der Waals surface area contributed by atoms with Crippen molar-refractivity contribution < 1.29 is 14.3 Å². The van der Waals surface area contributed by atoms with Gasteiger partial charge in [0.2, 0.25) is 0 Å². The number of hydrogen-bond acceptors (Lipinski definition) is 5. The second-order valence-electron chi connectivity index (χ2n) is 9.12. The summed E-state index contributed by atoms with van der Waals surface area (Å²) in [4.78, 5) is 26.8. The smallest absolute Gasteiger partial charge is 0.416 e. The third-order valence-corrected chi connectivity index (χ3v) is 5.57. The molecule has 7 nitrogen and oxygen atoms in total. The fourth-order valence-corrected chi connectivity index (χ4v) is 3.89. The topological polar surface area (TPSA) is 80.3 Å². The van der Waals surface area contributed by atoms with Crippen molar-refractivity contribution in [3.05, 3.63) is 88.8 Å². The molecule has 1 atom stereocenters. The summed E-state index contributed by atoms with van der Waals surface area (Å²) in [5.41, 5.74) is 2.92. The van der Waals surface area contributed by atoms with E-state index in [1.54, 1.807) is 24.5 Å². The van der Waals surface area contributed by atoms with Crippen LogP contribution in [0, 0.1) is 0 Å². The van der Waals surface area contributed by atoms with Crippen molar-refractivity contribution in [2.45, 2.75) is 45.9 Å². The van der Waals surface area contributed by atoms with Crippen LogP contribution in [0.3, 0.4) is 0 Å². The molecule has 0 spiro atoms. The van der Waals surface area contributed by atoms with Crippen LogP contribution in [0.4, 0.5) is 10.6 Å². The van der Waals surface area contributed by atoms with E-state index in [9.17, 15) is 4.79 Å². The first-order valence-corrected chi connectivity index (χ1v) is 11.9. The molecule has 0 saturated heterocycles. The highest BCUT2D eigenvalue weighted by molar-refractivity contribution is 6.30. The molecule has 0 radical (unpaired) electrons. The lowest BCUT2D eigenvalue weighted by atomic mass is 10.0. The summed E-state index contributed by atoms with van der Waals surface area (Å²) in [6.45, 7) is 8.29. The van der Waals surface area contributed by atoms with E-state index in [0.717, 1.165) is 27.7 Å². The Hall–Kier alpha value is -3.42. The lowest BCUT2D eigenvalue weighted by Gasteiger charge is -2.27. The van der Waals surface area contributed by atoms with Gasteiger partial charge in [-0.3, -0.25) is 4.90 Å². The van der Waals surface area contributed by atoms with E-state index >= 15 is 0 Å². The van der Waals surface area contributed by atoms with Crippen molar-refractivity contribution in [1.29, 1.82) is 0 Å². The van der Waals surface area contributed by atoms with E-state index in [0.29, 0.717) is 24.0 Å². The molecule has 1 N–H and O–H groups in total. The minimum Gasteiger partial charge on any atom is -0.443 e. The number of fused-ring (bicyclic) bond motifs is 1. The molecule has 1 unspecified atom stereocenters. The van der Waals surface area contributed by atoms with Crippen LogP contribution in [0.25, 0.3) is 11.0 Å². The number of nitrogens with one attached hydrogen (secondary N) is 1. The fourth-order valence-electron chi connectivity index (χ4n) is 3.77. The summed E-state index contributed by atoms with van der Waals surface area (Å²) >= 11 is 6.03. The molecular formula is C27H29ClN4O3. The molecular weight excluding hydrogens is 464 g/mol. The van der Waals surface area contributed by atoms with Crippen LogP contribution in [-0.4, -0.2) is 33.3 Å². The highest BCUT2D eigenvalue weighted by Gasteiger charge is 2.26. The van der Waals surface area contributed by atoms with Crippen molar-refractivity contribution in [2.24, 2.45) is 0 Å². The van der Waals surface area contributed by atoms with Crippen LogP contribution in [0.15, 0.2) is 67.1 Å². The Balaban J connectivity index is 1.65. The van der Waals surface area contributed by atoms with Gasteiger partial charge >= 0.3 is 6.09 Å². The maximum Gasteiger partial charge on any atom is 0.416 e. The number of anilines is 1. The van der Waals surface area contributed by atoms with E-state index in [2.05, 4.69) is 15.0 Å². The first-order valence-electron chi connectivity index (χ1n) is 11.5. The molecule has 0 saturated carbocycles. The monoisotopic (exact) mass is 492 g/mol. The number of pyridine rings is 2. The normalized spacial score (nSPS) is 12.5. The summed E-state index contributed by atoms with van der Waals surface area (Å²) in [7, 11) is 0. The molecule has 0 bridgehead atoms. The van der Waals surface area contributed by atoms with Crippen LogP contribution in [-0.2, 0) is 16.0 Å². The Morgan fingerprint density at radius 3 is 2.54 bits per heavy atom. The average molecular weight is 493 g/mol. The van der Waals surface area contributed by atoms with Gasteiger partial charge in [-0.25, -0.2) is 14.8 Å². The van der Waals surface area contributed by atoms with Crippen molar-refractivity contribution >= 4 is 34.5 Å². The number of hydrogen-bond donors (Lipinski definition) is 1. The Morgan fingerprint density at radius 1 is 1.11 bits per heavy atom. The first kappa shape index (κ1) is 24.7. The summed E-state index contributed by atoms with van der Waals surface area (Å²) in [5.74, 6) is 0.480. The second-order valence-corrected chi connectivity index (χ2v) is 9.56. The van der Waals surface area contributed by atoms with Gasteiger partial charge < -0.3 is 14.5 Å². The number of amides is 1. The van der Waals surface area contributed by atoms with Crippen molar-refractivity contribution in [3.8, 4) is 0 Å². The molecule has 8 heteroatoms. The zero-order valence-corrected chi connectivity index (χ0v) is 21.0. The van der Waals surface area contributed by atoms with E-state index in [4.69, 9.17) is 21.1 Å². The number of rotatable bonds is 7. The third kappa shape index (κ3) is 5.99. The van der Waals surface area contributed by atoms with Gasteiger partial charge in [0.25, 0.3) is 0 Å². The van der Waals surface area contributed by atoms with Gasteiger partial charge in [-0.2, -0.15) is 0 Å². The molecule has 0 aliphatic heterocycles. The Bertz CT molecular complexity index is 1280. The molecule has 1 aromatic carbocycles. The lowest BCUT2D eigenvalue weighted by molar-refractivity contribution is 0.0576. The SMILES string of the molecule is CCOC(c1ccc(N(Cc2ccc(Cl)cc2)C(=O)OC(C)(C)C)nc1)c1c[nH]c2ncccc12. The highest BCUT2D eigenvalue weighted by Crippen LogP contribution is 2.32. The Morgan fingerprint density at radius 2 is 1.89 bits per heavy atom. The molecule has 0 aliphatic carbocycles. The Kier molecular flexibility index (Phi) is 7.38. The predicted molar refractivity (Wildman–Crippen MR) is 138 cm³/mol. The van der Waals surface area contributed by atoms with E-state index < -0.39 is 11.7 Å². The van der Waals surface area contributed by atoms with Gasteiger partial charge in [-0.05, 0) is 63.6 Å². The van der Waals surface area contributed by atoms with Gasteiger partial charge in [-0.15, -0.1) is 0 Å². The standard InChI is InChI=1S/C27H29ClN4O3/c1-5-34-24(22-16-31-25-21(22)7-6-14-29-25)19-10-13-23(30-15-19)32(26(33)35-27(2,3)4)17-18-8-11-20(28)12-9-18/h6-16,24H,5,17H2,1-4H3,(H,29,31). The number of benzene rings is 1. The molecule has 0 aliphatic rings. The quantitative estimate of drug-likeness (QED) is 0.311. The lowest BCUT2D eigenvalue weighted by Crippen LogP contribution is -2.37. The van der Waals surface area contributed by atoms with Crippen LogP contribution in [0.5, 0.6) is 0 Å². The number of ether oxygens (including phenoxy) is 2. The molecule has 4 aromatic rings. The molecule has 3 aromatic heterocycles. The summed E-state index contributed by atoms with van der Waals surface area (Å²) in [5, 5.41) is 1.63.